The summed E-state index contributed by atoms with van der Waals surface area (Å²) in [6.45, 7) is 0. The maximum absolute atomic E-state index is 13.2. The highest BCUT2D eigenvalue weighted by Gasteiger charge is 2.19. The van der Waals surface area contributed by atoms with E-state index in [0.29, 0.717) is 6.07 Å². The number of aromatic nitrogens is 1. The minimum Gasteiger partial charge on any atom is -0.478 e. The second-order valence-electron chi connectivity index (χ2n) is 3.39. The third-order valence-corrected chi connectivity index (χ3v) is 2.53. The first-order chi connectivity index (χ1) is 8.40. The number of nitro groups is 1. The standard InChI is InChI=1S/C10H4ClFN2O4/c11-9-6(10(15)16)2-4-1-5(12)3-7(14(17)18)8(4)13-9/h1-3H,(H,15,16). The van der Waals surface area contributed by atoms with Crippen LogP contribution in [0.2, 0.25) is 5.15 Å². The molecule has 8 heteroatoms. The lowest BCUT2D eigenvalue weighted by Gasteiger charge is -2.03. The Hall–Kier alpha value is -2.28. The molecule has 0 aliphatic rings. The second kappa shape index (κ2) is 4.19. The number of rotatable bonds is 2. The summed E-state index contributed by atoms with van der Waals surface area (Å²) in [4.78, 5) is 24.4. The number of non-ortho nitro benzene ring substituents is 1. The van der Waals surface area contributed by atoms with Crippen LogP contribution in [-0.4, -0.2) is 21.0 Å². The molecule has 92 valence electrons. The number of hydrogen-bond acceptors (Lipinski definition) is 4. The summed E-state index contributed by atoms with van der Waals surface area (Å²) in [7, 11) is 0. The lowest BCUT2D eigenvalue weighted by Crippen LogP contribution is -2.01. The van der Waals surface area contributed by atoms with Gasteiger partial charge in [-0.05, 0) is 12.1 Å². The Morgan fingerprint density at radius 1 is 1.44 bits per heavy atom. The van der Waals surface area contributed by atoms with Crippen molar-refractivity contribution in [2.45, 2.75) is 0 Å². The second-order valence-corrected chi connectivity index (χ2v) is 3.74. The van der Waals surface area contributed by atoms with Gasteiger partial charge < -0.3 is 5.11 Å². The zero-order chi connectivity index (χ0) is 13.4. The van der Waals surface area contributed by atoms with Crippen molar-refractivity contribution in [3.63, 3.8) is 0 Å². The molecule has 1 heterocycles. The fourth-order valence-corrected chi connectivity index (χ4v) is 1.72. The van der Waals surface area contributed by atoms with Crippen LogP contribution < -0.4 is 0 Å². The zero-order valence-electron chi connectivity index (χ0n) is 8.55. The van der Waals surface area contributed by atoms with Gasteiger partial charge in [-0.25, -0.2) is 14.2 Å². The number of aromatic carboxylic acids is 1. The monoisotopic (exact) mass is 270 g/mol. The number of nitrogens with zero attached hydrogens (tertiary/aromatic N) is 2. The summed E-state index contributed by atoms with van der Waals surface area (Å²) in [6, 6.07) is 2.70. The predicted molar refractivity (Wildman–Crippen MR) is 60.3 cm³/mol. The molecule has 1 aromatic carbocycles. The van der Waals surface area contributed by atoms with Crippen molar-refractivity contribution in [2.24, 2.45) is 0 Å². The van der Waals surface area contributed by atoms with Crippen LogP contribution in [-0.2, 0) is 0 Å². The Bertz CT molecular complexity index is 689. The summed E-state index contributed by atoms with van der Waals surface area (Å²) in [5.74, 6) is -2.20. The molecule has 0 spiro atoms. The third kappa shape index (κ3) is 1.95. The van der Waals surface area contributed by atoms with E-state index in [1.54, 1.807) is 0 Å². The van der Waals surface area contributed by atoms with Crippen molar-refractivity contribution >= 4 is 34.2 Å². The molecule has 0 fully saturated rings. The quantitative estimate of drug-likeness (QED) is 0.514. The normalized spacial score (nSPS) is 10.6. The molecule has 2 rings (SSSR count). The molecule has 1 aromatic heterocycles. The van der Waals surface area contributed by atoms with Crippen LogP contribution in [0.25, 0.3) is 10.9 Å². The smallest absolute Gasteiger partial charge is 0.338 e. The third-order valence-electron chi connectivity index (χ3n) is 2.24. The fraction of sp³-hybridized carbons (Fsp3) is 0. The van der Waals surface area contributed by atoms with Crippen LogP contribution in [0.4, 0.5) is 10.1 Å². The van der Waals surface area contributed by atoms with E-state index in [0.717, 1.165) is 12.1 Å². The first kappa shape index (κ1) is 12.2. The largest absolute Gasteiger partial charge is 0.478 e. The van der Waals surface area contributed by atoms with Gasteiger partial charge in [0.15, 0.2) is 0 Å². The number of hydrogen-bond donors (Lipinski definition) is 1. The van der Waals surface area contributed by atoms with Crippen molar-refractivity contribution in [3.05, 3.63) is 44.8 Å². The molecule has 0 saturated heterocycles. The van der Waals surface area contributed by atoms with Crippen molar-refractivity contribution in [2.75, 3.05) is 0 Å². The van der Waals surface area contributed by atoms with Crippen LogP contribution in [0.5, 0.6) is 0 Å². The Morgan fingerprint density at radius 3 is 2.67 bits per heavy atom. The van der Waals surface area contributed by atoms with Gasteiger partial charge in [0.1, 0.15) is 16.5 Å². The molecule has 0 unspecified atom stereocenters. The van der Waals surface area contributed by atoms with Crippen LogP contribution >= 0.6 is 11.6 Å². The zero-order valence-corrected chi connectivity index (χ0v) is 9.31. The van der Waals surface area contributed by atoms with Crippen molar-refractivity contribution in [1.82, 2.24) is 4.98 Å². The molecule has 2 aromatic rings. The van der Waals surface area contributed by atoms with Gasteiger partial charge in [0.25, 0.3) is 5.69 Å². The van der Waals surface area contributed by atoms with E-state index in [1.807, 2.05) is 0 Å². The Kier molecular flexibility index (Phi) is 2.84. The fourth-order valence-electron chi connectivity index (χ4n) is 1.50. The number of carboxylic acids is 1. The van der Waals surface area contributed by atoms with Gasteiger partial charge in [-0.15, -0.1) is 0 Å². The molecular weight excluding hydrogens is 267 g/mol. The Balaban J connectivity index is 2.88. The van der Waals surface area contributed by atoms with Crippen LogP contribution in [0.1, 0.15) is 10.4 Å². The summed E-state index contributed by atoms with van der Waals surface area (Å²) < 4.78 is 13.2. The molecule has 0 aliphatic carbocycles. The molecule has 0 saturated carbocycles. The van der Waals surface area contributed by atoms with Crippen molar-refractivity contribution in [1.29, 1.82) is 0 Å². The highest BCUT2D eigenvalue weighted by molar-refractivity contribution is 6.33. The lowest BCUT2D eigenvalue weighted by atomic mass is 10.1. The van der Waals surface area contributed by atoms with Crippen LogP contribution in [0.3, 0.4) is 0 Å². The summed E-state index contributed by atoms with van der Waals surface area (Å²) in [5.41, 5.74) is -1.07. The van der Waals surface area contributed by atoms with Gasteiger partial charge in [-0.3, -0.25) is 10.1 Å². The lowest BCUT2D eigenvalue weighted by molar-refractivity contribution is -0.383. The number of carboxylic acid groups (broad SMARTS) is 1. The minimum absolute atomic E-state index is 0.00324. The molecule has 1 N–H and O–H groups in total. The number of fused-ring (bicyclic) bond motifs is 1. The summed E-state index contributed by atoms with van der Waals surface area (Å²) in [6.07, 6.45) is 0. The van der Waals surface area contributed by atoms with E-state index >= 15 is 0 Å². The average molecular weight is 271 g/mol. The van der Waals surface area contributed by atoms with E-state index < -0.39 is 22.4 Å². The highest BCUT2D eigenvalue weighted by Crippen LogP contribution is 2.28. The highest BCUT2D eigenvalue weighted by atomic mass is 35.5. The van der Waals surface area contributed by atoms with Crippen LogP contribution in [0.15, 0.2) is 18.2 Å². The van der Waals surface area contributed by atoms with E-state index in [4.69, 9.17) is 16.7 Å². The summed E-state index contributed by atoms with van der Waals surface area (Å²) in [5, 5.41) is 19.2. The molecule has 0 aliphatic heterocycles. The maximum atomic E-state index is 13.2. The minimum atomic E-state index is -1.35. The average Bonchev–Trinajstić information content (AvgIpc) is 2.27. The molecule has 0 radical (unpaired) electrons. The van der Waals surface area contributed by atoms with Crippen molar-refractivity contribution in [3.8, 4) is 0 Å². The van der Waals surface area contributed by atoms with Gasteiger partial charge in [0.2, 0.25) is 0 Å². The number of nitro benzene ring substituents is 1. The number of carbonyl (C=O) groups is 1. The Morgan fingerprint density at radius 2 is 2.11 bits per heavy atom. The first-order valence-corrected chi connectivity index (χ1v) is 4.95. The van der Waals surface area contributed by atoms with E-state index in [1.165, 1.54) is 0 Å². The van der Waals surface area contributed by atoms with Crippen LogP contribution in [0, 0.1) is 15.9 Å². The van der Waals surface area contributed by atoms with Gasteiger partial charge in [-0.1, -0.05) is 11.6 Å². The molecule has 6 nitrogen and oxygen atoms in total. The van der Waals surface area contributed by atoms with Gasteiger partial charge in [0, 0.05) is 5.39 Å². The van der Waals surface area contributed by atoms with E-state index in [9.17, 15) is 19.3 Å². The number of benzene rings is 1. The topological polar surface area (TPSA) is 93.3 Å². The van der Waals surface area contributed by atoms with Gasteiger partial charge >= 0.3 is 5.97 Å². The molecule has 0 amide bonds. The predicted octanol–water partition coefficient (Wildman–Crippen LogP) is 2.63. The maximum Gasteiger partial charge on any atom is 0.338 e. The molecule has 0 bridgehead atoms. The molecule has 0 atom stereocenters. The van der Waals surface area contributed by atoms with Gasteiger partial charge in [-0.2, -0.15) is 0 Å². The molecular formula is C10H4ClFN2O4. The van der Waals surface area contributed by atoms with E-state index in [2.05, 4.69) is 4.98 Å². The van der Waals surface area contributed by atoms with Gasteiger partial charge in [0.05, 0.1) is 16.6 Å². The molecule has 18 heavy (non-hydrogen) atoms. The SMILES string of the molecule is O=C(O)c1cc2cc(F)cc([N+](=O)[O-])c2nc1Cl. The van der Waals surface area contributed by atoms with E-state index in [-0.39, 0.29) is 21.6 Å². The number of halogens is 2. The van der Waals surface area contributed by atoms with Crippen molar-refractivity contribution < 1.29 is 19.2 Å². The Labute approximate surface area is 104 Å². The number of pyridine rings is 1. The summed E-state index contributed by atoms with van der Waals surface area (Å²) >= 11 is 5.61. The first-order valence-electron chi connectivity index (χ1n) is 4.57.